The Balaban J connectivity index is 1.47. The molecule has 0 spiro atoms. The second kappa shape index (κ2) is 9.59. The molecule has 1 aromatic rings. The van der Waals surface area contributed by atoms with Gasteiger partial charge in [0.05, 0.1) is 0 Å². The number of nitrogens with one attached hydrogen (secondary N) is 2. The number of hydrogen-bond acceptors (Lipinski definition) is 2. The molecule has 1 aromatic carbocycles. The Morgan fingerprint density at radius 1 is 1.28 bits per heavy atom. The second-order valence-electron chi connectivity index (χ2n) is 8.47. The Hall–Kier alpha value is -2.11. The molecule has 1 heterocycles. The minimum atomic E-state index is -0.175. The number of carbonyl (C=O) groups excluding carboxylic acids is 1. The topological polar surface area (TPSA) is 56.7 Å². The summed E-state index contributed by atoms with van der Waals surface area (Å²) in [4.78, 5) is 19.0. The molecule has 0 radical (unpaired) electrons. The van der Waals surface area contributed by atoms with Gasteiger partial charge in [0, 0.05) is 44.1 Å². The number of likely N-dealkylation sites (tertiary alicyclic amines) is 1. The van der Waals surface area contributed by atoms with Crippen LogP contribution in [0.15, 0.2) is 29.3 Å². The third-order valence-electron chi connectivity index (χ3n) is 6.59. The highest BCUT2D eigenvalue weighted by atomic mass is 19.1. The van der Waals surface area contributed by atoms with Crippen LogP contribution in [0.4, 0.5) is 4.39 Å². The lowest BCUT2D eigenvalue weighted by Crippen LogP contribution is -2.51. The van der Waals surface area contributed by atoms with Crippen LogP contribution < -0.4 is 10.6 Å². The molecule has 6 heteroatoms. The van der Waals surface area contributed by atoms with E-state index >= 15 is 0 Å². The highest BCUT2D eigenvalue weighted by Gasteiger charge is 2.44. The van der Waals surface area contributed by atoms with E-state index in [1.165, 1.54) is 6.07 Å². The number of rotatable bonds is 7. The number of benzene rings is 1. The standard InChI is InChI=1S/C23H35FN4O/c1-4-17(5-2)21(29)28-13-9-20(10-14-28)27-22(25-3)26-16-23(11-12-23)18-7-6-8-19(24)15-18/h6-8,15,17,20H,4-5,9-14,16H2,1-3H3,(H2,25,26,27). The molecule has 0 bridgehead atoms. The van der Waals surface area contributed by atoms with Crippen LogP contribution in [-0.2, 0) is 10.2 Å². The number of carbonyl (C=O) groups is 1. The van der Waals surface area contributed by atoms with Crippen molar-refractivity contribution >= 4 is 11.9 Å². The molecule has 0 aromatic heterocycles. The summed E-state index contributed by atoms with van der Waals surface area (Å²) in [5.74, 6) is 1.08. The Kier molecular flexibility index (Phi) is 7.14. The van der Waals surface area contributed by atoms with Crippen LogP contribution >= 0.6 is 0 Å². The minimum absolute atomic E-state index is 0.0187. The van der Waals surface area contributed by atoms with Crippen LogP contribution in [0.2, 0.25) is 0 Å². The van der Waals surface area contributed by atoms with Crippen LogP contribution in [0.25, 0.3) is 0 Å². The lowest BCUT2D eigenvalue weighted by Gasteiger charge is -2.35. The highest BCUT2D eigenvalue weighted by Crippen LogP contribution is 2.47. The summed E-state index contributed by atoms with van der Waals surface area (Å²) in [6.07, 6.45) is 5.82. The van der Waals surface area contributed by atoms with Crippen molar-refractivity contribution in [2.24, 2.45) is 10.9 Å². The number of amides is 1. The van der Waals surface area contributed by atoms with Crippen molar-refractivity contribution in [3.05, 3.63) is 35.6 Å². The molecular formula is C23H35FN4O. The molecule has 2 N–H and O–H groups in total. The average Bonchev–Trinajstić information content (AvgIpc) is 3.53. The summed E-state index contributed by atoms with van der Waals surface area (Å²) < 4.78 is 13.6. The number of aliphatic imine (C=N–C) groups is 1. The maximum Gasteiger partial charge on any atom is 0.225 e. The molecule has 1 saturated heterocycles. The van der Waals surface area contributed by atoms with E-state index in [2.05, 4.69) is 29.5 Å². The molecule has 29 heavy (non-hydrogen) atoms. The predicted octanol–water partition coefficient (Wildman–Crippen LogP) is 3.45. The van der Waals surface area contributed by atoms with E-state index in [0.717, 1.165) is 69.7 Å². The zero-order chi connectivity index (χ0) is 20.9. The van der Waals surface area contributed by atoms with Gasteiger partial charge in [0.25, 0.3) is 0 Å². The first-order chi connectivity index (χ1) is 14.0. The normalized spacial score (nSPS) is 19.3. The van der Waals surface area contributed by atoms with E-state index in [1.807, 2.05) is 11.0 Å². The van der Waals surface area contributed by atoms with E-state index < -0.39 is 0 Å². The summed E-state index contributed by atoms with van der Waals surface area (Å²) >= 11 is 0. The fourth-order valence-electron chi connectivity index (χ4n) is 4.32. The molecule has 0 atom stereocenters. The summed E-state index contributed by atoms with van der Waals surface area (Å²) in [7, 11) is 1.78. The number of halogens is 1. The maximum atomic E-state index is 13.6. The number of hydrogen-bond donors (Lipinski definition) is 2. The van der Waals surface area contributed by atoms with Gasteiger partial charge in [-0.2, -0.15) is 0 Å². The van der Waals surface area contributed by atoms with E-state index in [0.29, 0.717) is 11.9 Å². The first-order valence-electron chi connectivity index (χ1n) is 11.0. The smallest absolute Gasteiger partial charge is 0.225 e. The SMILES string of the molecule is CCC(CC)C(=O)N1CCC(NC(=NC)NCC2(c3cccc(F)c3)CC2)CC1. The van der Waals surface area contributed by atoms with Crippen molar-refractivity contribution in [3.8, 4) is 0 Å². The van der Waals surface area contributed by atoms with Gasteiger partial charge in [0.2, 0.25) is 5.91 Å². The van der Waals surface area contributed by atoms with Crippen molar-refractivity contribution in [3.63, 3.8) is 0 Å². The average molecular weight is 403 g/mol. The molecule has 160 valence electrons. The van der Waals surface area contributed by atoms with E-state index in [-0.39, 0.29) is 17.2 Å². The van der Waals surface area contributed by atoms with Crippen molar-refractivity contribution < 1.29 is 9.18 Å². The van der Waals surface area contributed by atoms with Gasteiger partial charge in [-0.1, -0.05) is 26.0 Å². The first-order valence-corrected chi connectivity index (χ1v) is 11.0. The summed E-state index contributed by atoms with van der Waals surface area (Å²) in [5.41, 5.74) is 1.08. The maximum absolute atomic E-state index is 13.6. The fourth-order valence-corrected chi connectivity index (χ4v) is 4.32. The molecule has 2 fully saturated rings. The quantitative estimate of drug-likeness (QED) is 0.543. The molecule has 1 amide bonds. The third kappa shape index (κ3) is 5.28. The zero-order valence-electron chi connectivity index (χ0n) is 18.0. The Morgan fingerprint density at radius 2 is 1.97 bits per heavy atom. The lowest BCUT2D eigenvalue weighted by atomic mass is 9.96. The van der Waals surface area contributed by atoms with Crippen LogP contribution in [0.5, 0.6) is 0 Å². The summed E-state index contributed by atoms with van der Waals surface area (Å²) in [5, 5.41) is 6.96. The van der Waals surface area contributed by atoms with Crippen molar-refractivity contribution in [1.29, 1.82) is 0 Å². The molecule has 1 aliphatic heterocycles. The molecule has 1 aliphatic carbocycles. The Labute approximate surface area is 174 Å². The third-order valence-corrected chi connectivity index (χ3v) is 6.59. The Morgan fingerprint density at radius 3 is 2.52 bits per heavy atom. The van der Waals surface area contributed by atoms with Gasteiger partial charge in [-0.05, 0) is 56.2 Å². The largest absolute Gasteiger partial charge is 0.356 e. The van der Waals surface area contributed by atoms with Crippen LogP contribution in [-0.4, -0.2) is 49.5 Å². The first kappa shape index (κ1) is 21.6. The molecule has 1 saturated carbocycles. The van der Waals surface area contributed by atoms with Crippen LogP contribution in [0.3, 0.4) is 0 Å². The van der Waals surface area contributed by atoms with Gasteiger partial charge in [-0.25, -0.2) is 4.39 Å². The second-order valence-corrected chi connectivity index (χ2v) is 8.47. The number of guanidine groups is 1. The minimum Gasteiger partial charge on any atom is -0.356 e. The number of piperidine rings is 1. The van der Waals surface area contributed by atoms with E-state index in [9.17, 15) is 9.18 Å². The van der Waals surface area contributed by atoms with Gasteiger partial charge in [0.15, 0.2) is 5.96 Å². The van der Waals surface area contributed by atoms with Crippen LogP contribution in [0.1, 0.15) is 57.9 Å². The van der Waals surface area contributed by atoms with E-state index in [1.54, 1.807) is 19.2 Å². The predicted molar refractivity (Wildman–Crippen MR) is 115 cm³/mol. The molecule has 2 aliphatic rings. The summed E-state index contributed by atoms with van der Waals surface area (Å²) in [6, 6.07) is 7.26. The molecule has 0 unspecified atom stereocenters. The van der Waals surface area contributed by atoms with Crippen molar-refractivity contribution in [2.75, 3.05) is 26.7 Å². The Bertz CT molecular complexity index is 719. The van der Waals surface area contributed by atoms with Crippen LogP contribution in [0, 0.1) is 11.7 Å². The molecule has 5 nitrogen and oxygen atoms in total. The molecule has 3 rings (SSSR count). The van der Waals surface area contributed by atoms with Crippen molar-refractivity contribution in [1.82, 2.24) is 15.5 Å². The van der Waals surface area contributed by atoms with Gasteiger partial charge >= 0.3 is 0 Å². The van der Waals surface area contributed by atoms with Gasteiger partial charge < -0.3 is 15.5 Å². The summed E-state index contributed by atoms with van der Waals surface area (Å²) in [6.45, 7) is 6.54. The van der Waals surface area contributed by atoms with Gasteiger partial charge in [-0.3, -0.25) is 9.79 Å². The monoisotopic (exact) mass is 402 g/mol. The fraction of sp³-hybridized carbons (Fsp3) is 0.652. The lowest BCUT2D eigenvalue weighted by molar-refractivity contribution is -0.136. The van der Waals surface area contributed by atoms with Gasteiger partial charge in [0.1, 0.15) is 5.82 Å². The van der Waals surface area contributed by atoms with E-state index in [4.69, 9.17) is 0 Å². The number of nitrogens with zero attached hydrogens (tertiary/aromatic N) is 2. The van der Waals surface area contributed by atoms with Crippen molar-refractivity contribution in [2.45, 2.75) is 63.8 Å². The highest BCUT2D eigenvalue weighted by molar-refractivity contribution is 5.80. The zero-order valence-corrected chi connectivity index (χ0v) is 18.0. The van der Waals surface area contributed by atoms with Gasteiger partial charge in [-0.15, -0.1) is 0 Å². The molecular weight excluding hydrogens is 367 g/mol.